The minimum absolute atomic E-state index is 0.0275. The van der Waals surface area contributed by atoms with Crippen molar-refractivity contribution in [3.63, 3.8) is 0 Å². The van der Waals surface area contributed by atoms with E-state index in [2.05, 4.69) is 29.4 Å². The molecule has 1 spiro atoms. The third-order valence-corrected chi connectivity index (χ3v) is 7.03. The van der Waals surface area contributed by atoms with E-state index in [-0.39, 0.29) is 5.41 Å². The third kappa shape index (κ3) is 6.47. The number of anilines is 1. The number of benzene rings is 2. The van der Waals surface area contributed by atoms with E-state index in [4.69, 9.17) is 35.5 Å². The standard InChI is InChI=1S/C27H36ClN3O4/c1-31-9-7-27(8-10-31)18-21-16-24(34-13-11-32-2)25(35-14-12-33-3)17-23(21)30-26(27)29-19-20-5-4-6-22(28)15-20/h4-6,15-17H,7-14,18-19H2,1-3H3,(H,29,30). The summed E-state index contributed by atoms with van der Waals surface area (Å²) in [7, 11) is 5.52. The first kappa shape index (κ1) is 25.8. The van der Waals surface area contributed by atoms with Crippen molar-refractivity contribution < 1.29 is 18.9 Å². The fourth-order valence-electron chi connectivity index (χ4n) is 4.74. The highest BCUT2D eigenvalue weighted by molar-refractivity contribution is 6.30. The maximum atomic E-state index is 6.21. The summed E-state index contributed by atoms with van der Waals surface area (Å²) >= 11 is 6.21. The Bertz CT molecular complexity index is 1020. The van der Waals surface area contributed by atoms with E-state index < -0.39 is 0 Å². The van der Waals surface area contributed by atoms with Crippen LogP contribution < -0.4 is 14.8 Å². The highest BCUT2D eigenvalue weighted by Crippen LogP contribution is 2.45. The Morgan fingerprint density at radius 3 is 2.31 bits per heavy atom. The second-order valence-corrected chi connectivity index (χ2v) is 9.76. The molecule has 2 aliphatic heterocycles. The number of nitrogens with zero attached hydrogens (tertiary/aromatic N) is 2. The van der Waals surface area contributed by atoms with Gasteiger partial charge in [-0.2, -0.15) is 0 Å². The average Bonchev–Trinajstić information content (AvgIpc) is 2.85. The predicted molar refractivity (Wildman–Crippen MR) is 140 cm³/mol. The molecule has 0 aliphatic carbocycles. The number of aliphatic imine (C=N–C) groups is 1. The molecule has 0 bridgehead atoms. The summed E-state index contributed by atoms with van der Waals surface area (Å²) in [5.74, 6) is 2.48. The van der Waals surface area contributed by atoms with Crippen LogP contribution in [0.25, 0.3) is 0 Å². The van der Waals surface area contributed by atoms with Gasteiger partial charge in [-0.1, -0.05) is 23.7 Å². The summed E-state index contributed by atoms with van der Waals surface area (Å²) in [5, 5.41) is 4.42. The van der Waals surface area contributed by atoms with Crippen LogP contribution in [0.4, 0.5) is 5.69 Å². The van der Waals surface area contributed by atoms with Gasteiger partial charge in [0.15, 0.2) is 11.5 Å². The lowest BCUT2D eigenvalue weighted by molar-refractivity contribution is 0.132. The van der Waals surface area contributed by atoms with Gasteiger partial charge in [-0.25, -0.2) is 0 Å². The largest absolute Gasteiger partial charge is 0.487 e. The molecule has 1 fully saturated rings. The lowest BCUT2D eigenvalue weighted by Crippen LogP contribution is -2.49. The molecular weight excluding hydrogens is 466 g/mol. The fourth-order valence-corrected chi connectivity index (χ4v) is 4.95. The zero-order valence-corrected chi connectivity index (χ0v) is 21.7. The zero-order valence-electron chi connectivity index (χ0n) is 20.9. The number of hydrogen-bond acceptors (Lipinski definition) is 6. The van der Waals surface area contributed by atoms with E-state index in [1.165, 1.54) is 5.56 Å². The van der Waals surface area contributed by atoms with Crippen molar-refractivity contribution >= 4 is 23.1 Å². The Kier molecular flexibility index (Phi) is 8.89. The Hall–Kier alpha value is -2.32. The van der Waals surface area contributed by atoms with Crippen molar-refractivity contribution in [1.29, 1.82) is 0 Å². The second kappa shape index (κ2) is 12.1. The van der Waals surface area contributed by atoms with Crippen molar-refractivity contribution in [3.8, 4) is 11.5 Å². The first-order chi connectivity index (χ1) is 17.0. The van der Waals surface area contributed by atoms with Gasteiger partial charge in [-0.05, 0) is 68.7 Å². The number of nitrogens with one attached hydrogen (secondary N) is 1. The van der Waals surface area contributed by atoms with Crippen LogP contribution in [-0.4, -0.2) is 71.5 Å². The van der Waals surface area contributed by atoms with Crippen LogP contribution in [0.3, 0.4) is 0 Å². The van der Waals surface area contributed by atoms with Crippen molar-refractivity contribution in [3.05, 3.63) is 52.5 Å². The highest BCUT2D eigenvalue weighted by Gasteiger charge is 2.42. The highest BCUT2D eigenvalue weighted by atomic mass is 35.5. The second-order valence-electron chi connectivity index (χ2n) is 9.32. The van der Waals surface area contributed by atoms with Crippen LogP contribution in [0.15, 0.2) is 41.4 Å². The molecule has 1 saturated heterocycles. The number of halogens is 1. The number of amidine groups is 1. The number of fused-ring (bicyclic) bond motifs is 1. The molecular formula is C27H36ClN3O4. The summed E-state index contributed by atoms with van der Waals surface area (Å²) in [6, 6.07) is 12.1. The van der Waals surface area contributed by atoms with Crippen LogP contribution in [0.5, 0.6) is 11.5 Å². The maximum absolute atomic E-state index is 6.21. The number of ether oxygens (including phenoxy) is 4. The molecule has 0 radical (unpaired) electrons. The van der Waals surface area contributed by atoms with Gasteiger partial charge in [0.25, 0.3) is 0 Å². The monoisotopic (exact) mass is 501 g/mol. The van der Waals surface area contributed by atoms with E-state index in [0.717, 1.165) is 60.2 Å². The molecule has 8 heteroatoms. The molecule has 0 atom stereocenters. The predicted octanol–water partition coefficient (Wildman–Crippen LogP) is 4.67. The summed E-state index contributed by atoms with van der Waals surface area (Å²) in [4.78, 5) is 7.49. The van der Waals surface area contributed by atoms with Gasteiger partial charge in [0.2, 0.25) is 0 Å². The van der Waals surface area contributed by atoms with E-state index in [1.54, 1.807) is 14.2 Å². The number of hydrogen-bond donors (Lipinski definition) is 1. The molecule has 2 aliphatic rings. The molecule has 35 heavy (non-hydrogen) atoms. The third-order valence-electron chi connectivity index (χ3n) is 6.80. The summed E-state index contributed by atoms with van der Waals surface area (Å²) in [6.45, 7) is 4.61. The minimum atomic E-state index is -0.0275. The molecule has 4 rings (SSSR count). The first-order valence-corrected chi connectivity index (χ1v) is 12.6. The molecule has 190 valence electrons. The van der Waals surface area contributed by atoms with Crippen molar-refractivity contribution in [2.75, 3.05) is 66.1 Å². The number of piperidine rings is 1. The van der Waals surface area contributed by atoms with Crippen LogP contribution in [0.1, 0.15) is 24.0 Å². The smallest absolute Gasteiger partial charge is 0.163 e. The Balaban J connectivity index is 1.65. The van der Waals surface area contributed by atoms with Gasteiger partial charge in [0, 0.05) is 36.4 Å². The van der Waals surface area contributed by atoms with Crippen LogP contribution in [0, 0.1) is 5.41 Å². The normalized spacial score (nSPS) is 18.3. The minimum Gasteiger partial charge on any atom is -0.487 e. The summed E-state index contributed by atoms with van der Waals surface area (Å²) < 4.78 is 22.4. The van der Waals surface area contributed by atoms with Gasteiger partial charge in [0.1, 0.15) is 19.0 Å². The average molecular weight is 502 g/mol. The van der Waals surface area contributed by atoms with Gasteiger partial charge in [0.05, 0.1) is 19.8 Å². The van der Waals surface area contributed by atoms with Crippen LogP contribution in [-0.2, 0) is 22.4 Å². The van der Waals surface area contributed by atoms with Crippen molar-refractivity contribution in [2.45, 2.75) is 25.8 Å². The molecule has 2 aromatic carbocycles. The number of rotatable bonds is 10. The van der Waals surface area contributed by atoms with Gasteiger partial charge in [-0.15, -0.1) is 0 Å². The van der Waals surface area contributed by atoms with E-state index in [1.807, 2.05) is 24.3 Å². The Morgan fingerprint density at radius 2 is 1.66 bits per heavy atom. The quantitative estimate of drug-likeness (QED) is 0.477. The zero-order chi connectivity index (χ0) is 24.7. The molecule has 0 unspecified atom stereocenters. The van der Waals surface area contributed by atoms with Gasteiger partial charge >= 0.3 is 0 Å². The number of methoxy groups -OCH3 is 2. The number of likely N-dealkylation sites (tertiary alicyclic amines) is 1. The molecule has 2 aromatic rings. The van der Waals surface area contributed by atoms with Crippen LogP contribution >= 0.6 is 11.6 Å². The summed E-state index contributed by atoms with van der Waals surface area (Å²) in [5.41, 5.74) is 3.32. The molecule has 2 heterocycles. The maximum Gasteiger partial charge on any atom is 0.163 e. The molecule has 1 N–H and O–H groups in total. The first-order valence-electron chi connectivity index (χ1n) is 12.2. The summed E-state index contributed by atoms with van der Waals surface area (Å²) in [6.07, 6.45) is 3.02. The van der Waals surface area contributed by atoms with Gasteiger partial charge < -0.3 is 29.2 Å². The van der Waals surface area contributed by atoms with Crippen LogP contribution in [0.2, 0.25) is 5.02 Å². The van der Waals surface area contributed by atoms with E-state index in [0.29, 0.717) is 38.7 Å². The van der Waals surface area contributed by atoms with E-state index in [9.17, 15) is 0 Å². The van der Waals surface area contributed by atoms with E-state index >= 15 is 0 Å². The lowest BCUT2D eigenvalue weighted by Gasteiger charge is -2.45. The fraction of sp³-hybridized carbons (Fsp3) is 0.519. The lowest BCUT2D eigenvalue weighted by atomic mass is 9.70. The van der Waals surface area contributed by atoms with Gasteiger partial charge in [-0.3, -0.25) is 4.99 Å². The molecule has 0 amide bonds. The SMILES string of the molecule is COCCOc1cc2c(cc1OCCOC)NC(=NCc1cccc(Cl)c1)C1(CCN(C)CC1)C2. The van der Waals surface area contributed by atoms with Crippen molar-refractivity contribution in [1.82, 2.24) is 4.90 Å². The topological polar surface area (TPSA) is 64.5 Å². The van der Waals surface area contributed by atoms with Crippen molar-refractivity contribution in [2.24, 2.45) is 10.4 Å². The Morgan fingerprint density at radius 1 is 0.971 bits per heavy atom. The molecule has 0 saturated carbocycles. The molecule has 0 aromatic heterocycles. The molecule has 7 nitrogen and oxygen atoms in total. The Labute approximate surface area is 213 Å².